The molecule has 0 saturated carbocycles. The first kappa shape index (κ1) is 32.1. The Balaban J connectivity index is 1.63. The van der Waals surface area contributed by atoms with Crippen molar-refractivity contribution in [1.82, 2.24) is 10.6 Å². The molecule has 1 unspecified atom stereocenters. The van der Waals surface area contributed by atoms with Gasteiger partial charge in [0.15, 0.2) is 9.84 Å². The number of sulfone groups is 1. The molecule has 0 fully saturated rings. The van der Waals surface area contributed by atoms with Crippen molar-refractivity contribution in [2.75, 3.05) is 12.3 Å². The molecule has 0 aliphatic rings. The molecule has 3 aromatic carbocycles. The van der Waals surface area contributed by atoms with Gasteiger partial charge < -0.3 is 15.1 Å². The van der Waals surface area contributed by atoms with E-state index in [0.29, 0.717) is 28.7 Å². The summed E-state index contributed by atoms with van der Waals surface area (Å²) in [4.78, 5) is 25.1. The second-order valence-corrected chi connectivity index (χ2v) is 12.7. The van der Waals surface area contributed by atoms with E-state index >= 15 is 0 Å². The molecular weight excluding hydrogens is 605 g/mol. The average molecular weight is 635 g/mol. The summed E-state index contributed by atoms with van der Waals surface area (Å²) >= 11 is 5.83. The van der Waals surface area contributed by atoms with Gasteiger partial charge in [0.05, 0.1) is 22.3 Å². The molecule has 228 valence electrons. The van der Waals surface area contributed by atoms with Crippen molar-refractivity contribution >= 4 is 44.2 Å². The Labute approximate surface area is 252 Å². The maximum absolute atomic E-state index is 13.7. The van der Waals surface area contributed by atoms with E-state index in [1.165, 1.54) is 37.3 Å². The number of furan rings is 1. The molecule has 7 nitrogen and oxygen atoms in total. The number of hydrogen-bond donors (Lipinski definition) is 2. The second-order valence-electron chi connectivity index (χ2n) is 9.98. The Hall–Kier alpha value is -3.83. The SMILES string of the molecule is CCc1c(Cc2ccc(Cl)cc2C(F)(F)F)oc2cc(C(=O)NC(CNC(C)=O)c3ccc(S(=O)(=O)CC)cc3)ccc12. The van der Waals surface area contributed by atoms with Crippen molar-refractivity contribution in [3.63, 3.8) is 0 Å². The minimum atomic E-state index is -4.59. The molecule has 0 aliphatic carbocycles. The Bertz CT molecular complexity index is 1770. The number of carbonyl (C=O) groups excluding carboxylic acids is 2. The zero-order chi connectivity index (χ0) is 31.5. The molecule has 0 saturated heterocycles. The highest BCUT2D eigenvalue weighted by atomic mass is 35.5. The topological polar surface area (TPSA) is 105 Å². The van der Waals surface area contributed by atoms with Gasteiger partial charge in [0.25, 0.3) is 5.91 Å². The molecule has 0 radical (unpaired) electrons. The number of rotatable bonds is 10. The van der Waals surface area contributed by atoms with Crippen LogP contribution in [0.2, 0.25) is 5.02 Å². The highest BCUT2D eigenvalue weighted by Gasteiger charge is 2.34. The summed E-state index contributed by atoms with van der Waals surface area (Å²) in [7, 11) is -3.42. The smallest absolute Gasteiger partial charge is 0.416 e. The number of hydrogen-bond acceptors (Lipinski definition) is 5. The zero-order valence-corrected chi connectivity index (χ0v) is 25.2. The monoisotopic (exact) mass is 634 g/mol. The first-order valence-electron chi connectivity index (χ1n) is 13.5. The van der Waals surface area contributed by atoms with E-state index < -0.39 is 33.5 Å². The van der Waals surface area contributed by atoms with Gasteiger partial charge in [-0.1, -0.05) is 49.7 Å². The fourth-order valence-corrected chi connectivity index (χ4v) is 5.88. The largest absolute Gasteiger partial charge is 0.460 e. The zero-order valence-electron chi connectivity index (χ0n) is 23.6. The van der Waals surface area contributed by atoms with Crippen LogP contribution in [-0.4, -0.2) is 32.5 Å². The highest BCUT2D eigenvalue weighted by Crippen LogP contribution is 2.36. The van der Waals surface area contributed by atoms with Gasteiger partial charge in [-0.3, -0.25) is 9.59 Å². The molecule has 0 spiro atoms. The number of halogens is 4. The Morgan fingerprint density at radius 3 is 2.30 bits per heavy atom. The fourth-order valence-electron chi connectivity index (χ4n) is 4.83. The van der Waals surface area contributed by atoms with Crippen LogP contribution in [0.1, 0.15) is 65.2 Å². The van der Waals surface area contributed by atoms with Gasteiger partial charge in [0, 0.05) is 41.4 Å². The molecule has 1 atom stereocenters. The lowest BCUT2D eigenvalue weighted by atomic mass is 9.99. The molecule has 1 heterocycles. The predicted octanol–water partition coefficient (Wildman–Crippen LogP) is 6.66. The van der Waals surface area contributed by atoms with E-state index in [-0.39, 0.29) is 45.7 Å². The fraction of sp³-hybridized carbons (Fsp3) is 0.290. The van der Waals surface area contributed by atoms with Crippen LogP contribution in [0.4, 0.5) is 13.2 Å². The molecule has 43 heavy (non-hydrogen) atoms. The van der Waals surface area contributed by atoms with Gasteiger partial charge in [0.1, 0.15) is 11.3 Å². The number of alkyl halides is 3. The van der Waals surface area contributed by atoms with Crippen LogP contribution in [0.3, 0.4) is 0 Å². The predicted molar refractivity (Wildman–Crippen MR) is 158 cm³/mol. The van der Waals surface area contributed by atoms with Crippen LogP contribution in [-0.2, 0) is 33.6 Å². The molecule has 2 N–H and O–H groups in total. The van der Waals surface area contributed by atoms with Crippen molar-refractivity contribution in [1.29, 1.82) is 0 Å². The summed E-state index contributed by atoms with van der Waals surface area (Å²) in [6.45, 7) is 4.80. The van der Waals surface area contributed by atoms with E-state index in [0.717, 1.165) is 11.6 Å². The van der Waals surface area contributed by atoms with E-state index in [1.54, 1.807) is 31.2 Å². The molecule has 4 rings (SSSR count). The standard InChI is InChI=1S/C31H30ClF3N2O5S/c1-4-24-25-13-9-21(15-29(25)42-28(24)14-20-6-10-22(32)16-26(20)31(33,34)35)30(39)37-27(17-36-18(3)38)19-7-11-23(12-8-19)43(40,41)5-2/h6-13,15-16,27H,4-5,14,17H2,1-3H3,(H,36,38)(H,37,39). The minimum Gasteiger partial charge on any atom is -0.460 e. The van der Waals surface area contributed by atoms with Gasteiger partial charge in [-0.05, 0) is 53.9 Å². The third kappa shape index (κ3) is 7.40. The van der Waals surface area contributed by atoms with Gasteiger partial charge in [-0.25, -0.2) is 8.42 Å². The van der Waals surface area contributed by atoms with E-state index in [9.17, 15) is 31.2 Å². The second kappa shape index (κ2) is 12.8. The molecule has 0 aliphatic heterocycles. The van der Waals surface area contributed by atoms with Gasteiger partial charge >= 0.3 is 6.18 Å². The Morgan fingerprint density at radius 1 is 1.00 bits per heavy atom. The van der Waals surface area contributed by atoms with Crippen LogP contribution in [0.25, 0.3) is 11.0 Å². The van der Waals surface area contributed by atoms with Crippen molar-refractivity contribution in [2.24, 2.45) is 0 Å². The summed E-state index contributed by atoms with van der Waals surface area (Å²) < 4.78 is 71.5. The summed E-state index contributed by atoms with van der Waals surface area (Å²) in [6.07, 6.45) is -4.22. The summed E-state index contributed by atoms with van der Waals surface area (Å²) in [5, 5.41) is 6.19. The van der Waals surface area contributed by atoms with Crippen LogP contribution in [0.15, 0.2) is 70.0 Å². The number of aryl methyl sites for hydroxylation is 1. The van der Waals surface area contributed by atoms with Gasteiger partial charge in [-0.15, -0.1) is 0 Å². The molecule has 4 aromatic rings. The number of carbonyl (C=O) groups is 2. The first-order valence-corrected chi connectivity index (χ1v) is 15.5. The van der Waals surface area contributed by atoms with Crippen LogP contribution < -0.4 is 10.6 Å². The summed E-state index contributed by atoms with van der Waals surface area (Å²) in [5.74, 6) is -0.502. The summed E-state index contributed by atoms with van der Waals surface area (Å²) in [6, 6.07) is 13.8. The number of nitrogens with one attached hydrogen (secondary N) is 2. The first-order chi connectivity index (χ1) is 20.2. The molecular formula is C31H30ClF3N2O5S. The van der Waals surface area contributed by atoms with Crippen molar-refractivity contribution < 1.29 is 35.6 Å². The quantitative estimate of drug-likeness (QED) is 0.203. The molecule has 1 aromatic heterocycles. The molecule has 0 bridgehead atoms. The average Bonchev–Trinajstić information content (AvgIpc) is 3.31. The minimum absolute atomic E-state index is 0.0159. The number of fused-ring (bicyclic) bond motifs is 1. The van der Waals surface area contributed by atoms with Crippen LogP contribution in [0.5, 0.6) is 0 Å². The van der Waals surface area contributed by atoms with E-state index in [4.69, 9.17) is 16.0 Å². The van der Waals surface area contributed by atoms with Crippen LogP contribution in [0, 0.1) is 0 Å². The number of amides is 2. The van der Waals surface area contributed by atoms with E-state index in [1.807, 2.05) is 6.92 Å². The molecule has 12 heteroatoms. The lowest BCUT2D eigenvalue weighted by Gasteiger charge is -2.20. The van der Waals surface area contributed by atoms with E-state index in [2.05, 4.69) is 10.6 Å². The maximum Gasteiger partial charge on any atom is 0.416 e. The number of benzene rings is 3. The normalized spacial score (nSPS) is 12.7. The molecule has 2 amide bonds. The lowest BCUT2D eigenvalue weighted by Crippen LogP contribution is -2.37. The third-order valence-electron chi connectivity index (χ3n) is 7.10. The van der Waals surface area contributed by atoms with Gasteiger partial charge in [-0.2, -0.15) is 13.2 Å². The Kier molecular flexibility index (Phi) is 9.56. The van der Waals surface area contributed by atoms with Gasteiger partial charge in [0.2, 0.25) is 5.91 Å². The van der Waals surface area contributed by atoms with Crippen molar-refractivity contribution in [2.45, 2.75) is 50.7 Å². The lowest BCUT2D eigenvalue weighted by molar-refractivity contribution is -0.138. The Morgan fingerprint density at radius 2 is 1.70 bits per heavy atom. The van der Waals surface area contributed by atoms with Crippen molar-refractivity contribution in [3.8, 4) is 0 Å². The third-order valence-corrected chi connectivity index (χ3v) is 9.09. The highest BCUT2D eigenvalue weighted by molar-refractivity contribution is 7.91. The maximum atomic E-state index is 13.7. The van der Waals surface area contributed by atoms with Crippen molar-refractivity contribution in [3.05, 3.63) is 99.3 Å². The summed E-state index contributed by atoms with van der Waals surface area (Å²) in [5.41, 5.74) is 1.06. The van der Waals surface area contributed by atoms with Crippen LogP contribution >= 0.6 is 11.6 Å².